The molecule has 0 N–H and O–H groups in total. The highest BCUT2D eigenvalue weighted by molar-refractivity contribution is 5.58. The van der Waals surface area contributed by atoms with Crippen LogP contribution in [0.25, 0.3) is 11.4 Å². The van der Waals surface area contributed by atoms with E-state index in [0.717, 1.165) is 11.5 Å². The lowest BCUT2D eigenvalue weighted by atomic mass is 10.2. The van der Waals surface area contributed by atoms with Crippen molar-refractivity contribution in [2.75, 3.05) is 27.3 Å². The Hall–Kier alpha value is -3.46. The number of hydrogen-bond donors (Lipinski definition) is 0. The molecule has 146 valence electrons. The van der Waals surface area contributed by atoms with Gasteiger partial charge in [0.1, 0.15) is 24.4 Å². The summed E-state index contributed by atoms with van der Waals surface area (Å²) in [5.41, 5.74) is 0.625. The van der Waals surface area contributed by atoms with Gasteiger partial charge < -0.3 is 9.47 Å². The second kappa shape index (κ2) is 8.96. The molecule has 3 rings (SSSR count). The van der Waals surface area contributed by atoms with E-state index >= 15 is 0 Å². The van der Waals surface area contributed by atoms with Gasteiger partial charge in [-0.25, -0.2) is 9.67 Å². The van der Waals surface area contributed by atoms with Crippen molar-refractivity contribution in [1.82, 2.24) is 19.7 Å². The van der Waals surface area contributed by atoms with Crippen molar-refractivity contribution in [3.05, 3.63) is 65.0 Å². The molecule has 0 atom stereocenters. The molecule has 9 heteroatoms. The summed E-state index contributed by atoms with van der Waals surface area (Å²) in [6.45, 7) is 1.74. The number of ether oxygens (including phenoxy) is 2. The van der Waals surface area contributed by atoms with E-state index in [-0.39, 0.29) is 5.69 Å². The highest BCUT2D eigenvalue weighted by Gasteiger charge is 2.11. The van der Waals surface area contributed by atoms with Crippen LogP contribution < -0.4 is 9.47 Å². The van der Waals surface area contributed by atoms with Gasteiger partial charge in [0.15, 0.2) is 5.82 Å². The fourth-order valence-corrected chi connectivity index (χ4v) is 2.56. The smallest absolute Gasteiger partial charge is 0.270 e. The number of nitrogens with zero attached hydrogens (tertiary/aromatic N) is 5. The number of rotatable bonds is 9. The topological polar surface area (TPSA) is 95.5 Å². The Morgan fingerprint density at radius 3 is 2.64 bits per heavy atom. The van der Waals surface area contributed by atoms with Crippen molar-refractivity contribution in [2.24, 2.45) is 0 Å². The van der Waals surface area contributed by atoms with Crippen LogP contribution in [-0.4, -0.2) is 51.9 Å². The lowest BCUT2D eigenvalue weighted by Crippen LogP contribution is -2.27. The molecule has 9 nitrogen and oxygen atoms in total. The second-order valence-corrected chi connectivity index (χ2v) is 6.16. The van der Waals surface area contributed by atoms with Gasteiger partial charge in [0.2, 0.25) is 0 Å². The molecule has 0 spiro atoms. The summed E-state index contributed by atoms with van der Waals surface area (Å²) in [5.74, 6) is 2.02. The maximum Gasteiger partial charge on any atom is 0.270 e. The summed E-state index contributed by atoms with van der Waals surface area (Å²) in [7, 11) is 3.57. The highest BCUT2D eigenvalue weighted by Crippen LogP contribution is 2.20. The summed E-state index contributed by atoms with van der Waals surface area (Å²) < 4.78 is 12.5. The predicted octanol–water partition coefficient (Wildman–Crippen LogP) is 2.83. The average Bonchev–Trinajstić information content (AvgIpc) is 3.17. The summed E-state index contributed by atoms with van der Waals surface area (Å²) in [6, 6.07) is 13.7. The van der Waals surface area contributed by atoms with Crippen LogP contribution in [-0.2, 0) is 6.67 Å². The Kier molecular flexibility index (Phi) is 6.18. The van der Waals surface area contributed by atoms with Gasteiger partial charge in [0.25, 0.3) is 5.69 Å². The first-order chi connectivity index (χ1) is 13.5. The minimum Gasteiger partial charge on any atom is -0.497 e. The largest absolute Gasteiger partial charge is 0.497 e. The molecule has 0 fully saturated rings. The van der Waals surface area contributed by atoms with Crippen LogP contribution in [0.4, 0.5) is 5.69 Å². The van der Waals surface area contributed by atoms with E-state index in [4.69, 9.17) is 9.47 Å². The van der Waals surface area contributed by atoms with Crippen LogP contribution in [0.2, 0.25) is 0 Å². The van der Waals surface area contributed by atoms with E-state index in [1.54, 1.807) is 30.3 Å². The number of benzene rings is 2. The van der Waals surface area contributed by atoms with Crippen LogP contribution in [0.1, 0.15) is 0 Å². The number of nitro benzene ring substituents is 1. The van der Waals surface area contributed by atoms with Crippen molar-refractivity contribution in [1.29, 1.82) is 0 Å². The molecule has 0 aliphatic carbocycles. The van der Waals surface area contributed by atoms with Crippen molar-refractivity contribution in [2.45, 2.75) is 6.67 Å². The molecule has 28 heavy (non-hydrogen) atoms. The predicted molar refractivity (Wildman–Crippen MR) is 103 cm³/mol. The first-order valence-electron chi connectivity index (χ1n) is 8.65. The third kappa shape index (κ3) is 5.04. The number of nitro groups is 1. The lowest BCUT2D eigenvalue weighted by Gasteiger charge is -2.16. The molecular weight excluding hydrogens is 362 g/mol. The second-order valence-electron chi connectivity index (χ2n) is 6.16. The molecule has 1 aromatic heterocycles. The summed E-state index contributed by atoms with van der Waals surface area (Å²) in [5, 5.41) is 15.3. The molecule has 0 radical (unpaired) electrons. The maximum absolute atomic E-state index is 10.9. The van der Waals surface area contributed by atoms with Crippen molar-refractivity contribution in [3.8, 4) is 22.9 Å². The van der Waals surface area contributed by atoms with Crippen molar-refractivity contribution < 1.29 is 14.4 Å². The van der Waals surface area contributed by atoms with E-state index in [0.29, 0.717) is 31.2 Å². The first kappa shape index (κ1) is 19.3. The van der Waals surface area contributed by atoms with Gasteiger partial charge in [-0.1, -0.05) is 12.1 Å². The van der Waals surface area contributed by atoms with Gasteiger partial charge in [0.05, 0.1) is 18.7 Å². The Bertz CT molecular complexity index is 926. The summed E-state index contributed by atoms with van der Waals surface area (Å²) >= 11 is 0. The third-order valence-corrected chi connectivity index (χ3v) is 4.04. The SMILES string of the molecule is COc1ccc(OCCN(C)Cn2cnc(-c3cccc([N+](=O)[O-])c3)n2)cc1. The van der Waals surface area contributed by atoms with Crippen molar-refractivity contribution >= 4 is 5.69 Å². The molecule has 2 aromatic carbocycles. The molecule has 0 aliphatic rings. The number of likely N-dealkylation sites (N-methyl/N-ethyl adjacent to an activating group) is 1. The van der Waals surface area contributed by atoms with Gasteiger partial charge in [-0.3, -0.25) is 15.0 Å². The monoisotopic (exact) mass is 383 g/mol. The minimum atomic E-state index is -0.433. The van der Waals surface area contributed by atoms with Crippen LogP contribution in [0.15, 0.2) is 54.9 Å². The summed E-state index contributed by atoms with van der Waals surface area (Å²) in [4.78, 5) is 16.8. The van der Waals surface area contributed by atoms with E-state index in [2.05, 4.69) is 10.1 Å². The third-order valence-electron chi connectivity index (χ3n) is 4.04. The molecule has 0 saturated carbocycles. The van der Waals surface area contributed by atoms with E-state index < -0.39 is 4.92 Å². The van der Waals surface area contributed by atoms with Crippen LogP contribution in [0.5, 0.6) is 11.5 Å². The number of aromatic nitrogens is 3. The van der Waals surface area contributed by atoms with Gasteiger partial charge in [-0.15, -0.1) is 5.10 Å². The minimum absolute atomic E-state index is 0.0154. The van der Waals surface area contributed by atoms with Crippen molar-refractivity contribution in [3.63, 3.8) is 0 Å². The average molecular weight is 383 g/mol. The quantitative estimate of drug-likeness (QED) is 0.414. The van der Waals surface area contributed by atoms with Gasteiger partial charge >= 0.3 is 0 Å². The first-order valence-corrected chi connectivity index (χ1v) is 8.65. The van der Waals surface area contributed by atoms with E-state index in [1.807, 2.05) is 36.2 Å². The van der Waals surface area contributed by atoms with E-state index in [9.17, 15) is 10.1 Å². The van der Waals surface area contributed by atoms with Gasteiger partial charge in [-0.2, -0.15) is 0 Å². The van der Waals surface area contributed by atoms with E-state index in [1.165, 1.54) is 12.1 Å². The van der Waals surface area contributed by atoms with Crippen LogP contribution in [0.3, 0.4) is 0 Å². The molecular formula is C19H21N5O4. The number of non-ortho nitro benzene ring substituents is 1. The molecule has 0 aliphatic heterocycles. The van der Waals surface area contributed by atoms with Crippen LogP contribution in [0, 0.1) is 10.1 Å². The Labute approximate surface area is 162 Å². The number of hydrogen-bond acceptors (Lipinski definition) is 7. The Morgan fingerprint density at radius 2 is 1.93 bits per heavy atom. The number of methoxy groups -OCH3 is 1. The zero-order valence-corrected chi connectivity index (χ0v) is 15.7. The fourth-order valence-electron chi connectivity index (χ4n) is 2.56. The molecule has 1 heterocycles. The zero-order valence-electron chi connectivity index (χ0n) is 15.7. The molecule has 0 bridgehead atoms. The van der Waals surface area contributed by atoms with Gasteiger partial charge in [-0.05, 0) is 31.3 Å². The zero-order chi connectivity index (χ0) is 19.9. The molecule has 0 unspecified atom stereocenters. The fraction of sp³-hybridized carbons (Fsp3) is 0.263. The molecule has 0 amide bonds. The maximum atomic E-state index is 10.9. The lowest BCUT2D eigenvalue weighted by molar-refractivity contribution is -0.384. The van der Waals surface area contributed by atoms with Gasteiger partial charge in [0, 0.05) is 24.2 Å². The summed E-state index contributed by atoms with van der Waals surface area (Å²) in [6.07, 6.45) is 1.61. The molecule has 3 aromatic rings. The van der Waals surface area contributed by atoms with Crippen LogP contribution >= 0.6 is 0 Å². The Balaban J connectivity index is 1.51. The Morgan fingerprint density at radius 1 is 1.18 bits per heavy atom. The normalized spacial score (nSPS) is 10.8. The highest BCUT2D eigenvalue weighted by atomic mass is 16.6. The molecule has 0 saturated heterocycles. The standard InChI is InChI=1S/C19H21N5O4/c1-22(10-11-28-18-8-6-17(27-2)7-9-18)14-23-13-20-19(21-23)15-4-3-5-16(12-15)24(25)26/h3-9,12-13H,10-11,14H2,1-2H3.